The summed E-state index contributed by atoms with van der Waals surface area (Å²) < 4.78 is 0. The molecule has 0 saturated heterocycles. The number of hydrogen-bond acceptors (Lipinski definition) is 3. The van der Waals surface area contributed by atoms with Gasteiger partial charge in [0.15, 0.2) is 0 Å². The summed E-state index contributed by atoms with van der Waals surface area (Å²) in [4.78, 5) is 17.6. The van der Waals surface area contributed by atoms with Crippen molar-refractivity contribution in [3.63, 3.8) is 0 Å². The molecule has 0 amide bonds. The van der Waals surface area contributed by atoms with Crippen LogP contribution in [0.25, 0.3) is 0 Å². The van der Waals surface area contributed by atoms with Crippen LogP contribution in [0.1, 0.15) is 11.4 Å². The van der Waals surface area contributed by atoms with E-state index in [1.165, 1.54) is 6.20 Å². The number of aromatic nitrogens is 2. The molecule has 0 radical (unpaired) electrons. The molecule has 4 heteroatoms. The average molecular weight is 151 g/mol. The zero-order chi connectivity index (χ0) is 7.68. The third-order valence-corrected chi connectivity index (χ3v) is 1.80. The molecule has 0 fully saturated rings. The standard InChI is InChI=1S/C7H9N3O/c11-7-4-9-6-3-8-2-1-5(6)10-7/h4,8H,1-3H2,(H,10,11). The second-order valence-corrected chi connectivity index (χ2v) is 2.60. The SMILES string of the molecule is O=c1cnc2c([nH]1)CCNC2. The normalized spacial score (nSPS) is 16.0. The van der Waals surface area contributed by atoms with Crippen LogP contribution in [0.2, 0.25) is 0 Å². The van der Waals surface area contributed by atoms with Crippen molar-refractivity contribution in [3.05, 3.63) is 27.9 Å². The molecular weight excluding hydrogens is 142 g/mol. The summed E-state index contributed by atoms with van der Waals surface area (Å²) in [6.07, 6.45) is 2.20. The highest BCUT2D eigenvalue weighted by molar-refractivity contribution is 5.13. The fraction of sp³-hybridized carbons (Fsp3) is 0.429. The van der Waals surface area contributed by atoms with Crippen molar-refractivity contribution in [2.75, 3.05) is 6.54 Å². The van der Waals surface area contributed by atoms with E-state index in [2.05, 4.69) is 15.3 Å². The lowest BCUT2D eigenvalue weighted by molar-refractivity contribution is 0.610. The van der Waals surface area contributed by atoms with Gasteiger partial charge in [-0.15, -0.1) is 0 Å². The first-order valence-corrected chi connectivity index (χ1v) is 3.64. The minimum Gasteiger partial charge on any atom is -0.323 e. The van der Waals surface area contributed by atoms with Gasteiger partial charge in [-0.3, -0.25) is 9.78 Å². The number of nitrogens with zero attached hydrogens (tertiary/aromatic N) is 1. The van der Waals surface area contributed by atoms with Gasteiger partial charge in [0.05, 0.1) is 11.9 Å². The molecule has 0 unspecified atom stereocenters. The van der Waals surface area contributed by atoms with Gasteiger partial charge in [-0.25, -0.2) is 0 Å². The first-order chi connectivity index (χ1) is 5.36. The molecule has 4 nitrogen and oxygen atoms in total. The summed E-state index contributed by atoms with van der Waals surface area (Å²) in [7, 11) is 0. The Morgan fingerprint density at radius 2 is 2.45 bits per heavy atom. The van der Waals surface area contributed by atoms with Crippen molar-refractivity contribution in [2.24, 2.45) is 0 Å². The van der Waals surface area contributed by atoms with E-state index in [-0.39, 0.29) is 5.56 Å². The minimum absolute atomic E-state index is 0.106. The van der Waals surface area contributed by atoms with Crippen LogP contribution in [-0.4, -0.2) is 16.5 Å². The topological polar surface area (TPSA) is 57.8 Å². The van der Waals surface area contributed by atoms with Gasteiger partial charge < -0.3 is 10.3 Å². The Morgan fingerprint density at radius 3 is 3.36 bits per heavy atom. The average Bonchev–Trinajstić information content (AvgIpc) is 2.04. The van der Waals surface area contributed by atoms with Crippen molar-refractivity contribution >= 4 is 0 Å². The summed E-state index contributed by atoms with van der Waals surface area (Å²) in [5.74, 6) is 0. The first kappa shape index (κ1) is 6.54. The molecule has 1 aliphatic rings. The van der Waals surface area contributed by atoms with Crippen molar-refractivity contribution in [1.82, 2.24) is 15.3 Å². The number of fused-ring (bicyclic) bond motifs is 1. The molecule has 11 heavy (non-hydrogen) atoms. The zero-order valence-electron chi connectivity index (χ0n) is 6.05. The molecule has 0 aromatic carbocycles. The van der Waals surface area contributed by atoms with E-state index in [9.17, 15) is 4.79 Å². The van der Waals surface area contributed by atoms with Crippen LogP contribution in [0.3, 0.4) is 0 Å². The van der Waals surface area contributed by atoms with Crippen LogP contribution >= 0.6 is 0 Å². The van der Waals surface area contributed by atoms with Crippen molar-refractivity contribution < 1.29 is 0 Å². The van der Waals surface area contributed by atoms with E-state index in [1.54, 1.807) is 0 Å². The molecule has 0 bridgehead atoms. The number of H-pyrrole nitrogens is 1. The zero-order valence-corrected chi connectivity index (χ0v) is 6.05. The van der Waals surface area contributed by atoms with Crippen molar-refractivity contribution in [1.29, 1.82) is 0 Å². The molecule has 2 rings (SSSR count). The van der Waals surface area contributed by atoms with Gasteiger partial charge in [0, 0.05) is 25.2 Å². The minimum atomic E-state index is -0.106. The lowest BCUT2D eigenvalue weighted by atomic mass is 10.2. The number of hydrogen-bond donors (Lipinski definition) is 2. The van der Waals surface area contributed by atoms with Gasteiger partial charge >= 0.3 is 0 Å². The predicted octanol–water partition coefficient (Wildman–Crippen LogP) is -0.584. The molecule has 1 aliphatic heterocycles. The fourth-order valence-electron chi connectivity index (χ4n) is 1.25. The van der Waals surface area contributed by atoms with Gasteiger partial charge in [-0.2, -0.15) is 0 Å². The Morgan fingerprint density at radius 1 is 1.55 bits per heavy atom. The van der Waals surface area contributed by atoms with E-state index in [4.69, 9.17) is 0 Å². The maximum Gasteiger partial charge on any atom is 0.266 e. The summed E-state index contributed by atoms with van der Waals surface area (Å²) in [5.41, 5.74) is 1.85. The number of aromatic amines is 1. The summed E-state index contributed by atoms with van der Waals surface area (Å²) in [6.45, 7) is 1.70. The Balaban J connectivity index is 2.51. The van der Waals surface area contributed by atoms with E-state index in [0.717, 1.165) is 30.9 Å². The van der Waals surface area contributed by atoms with Crippen LogP contribution in [0.15, 0.2) is 11.0 Å². The Labute approximate surface area is 63.7 Å². The molecule has 2 N–H and O–H groups in total. The highest BCUT2D eigenvalue weighted by Crippen LogP contribution is 2.03. The van der Waals surface area contributed by atoms with Crippen LogP contribution in [-0.2, 0) is 13.0 Å². The molecular formula is C7H9N3O. The second kappa shape index (κ2) is 2.47. The maximum absolute atomic E-state index is 10.8. The fourth-order valence-corrected chi connectivity index (χ4v) is 1.25. The highest BCUT2D eigenvalue weighted by Gasteiger charge is 2.08. The van der Waals surface area contributed by atoms with E-state index < -0.39 is 0 Å². The van der Waals surface area contributed by atoms with E-state index in [1.807, 2.05) is 0 Å². The van der Waals surface area contributed by atoms with Gasteiger partial charge in [-0.05, 0) is 0 Å². The largest absolute Gasteiger partial charge is 0.323 e. The lowest BCUT2D eigenvalue weighted by Crippen LogP contribution is -2.28. The first-order valence-electron chi connectivity index (χ1n) is 3.64. The molecule has 2 heterocycles. The molecule has 1 aromatic rings. The molecule has 0 spiro atoms. The monoisotopic (exact) mass is 151 g/mol. The summed E-state index contributed by atoms with van der Waals surface area (Å²) in [6, 6.07) is 0. The molecule has 0 saturated carbocycles. The third kappa shape index (κ3) is 1.17. The van der Waals surface area contributed by atoms with Crippen LogP contribution < -0.4 is 10.9 Å². The third-order valence-electron chi connectivity index (χ3n) is 1.80. The van der Waals surface area contributed by atoms with Crippen LogP contribution in [0, 0.1) is 0 Å². The highest BCUT2D eigenvalue weighted by atomic mass is 16.1. The van der Waals surface area contributed by atoms with Crippen molar-refractivity contribution in [2.45, 2.75) is 13.0 Å². The Kier molecular flexibility index (Phi) is 1.47. The number of nitrogens with one attached hydrogen (secondary N) is 2. The summed E-state index contributed by atoms with van der Waals surface area (Å²) in [5, 5.41) is 3.18. The molecule has 0 atom stereocenters. The van der Waals surface area contributed by atoms with Crippen LogP contribution in [0.5, 0.6) is 0 Å². The van der Waals surface area contributed by atoms with E-state index in [0.29, 0.717) is 0 Å². The molecule has 0 aliphatic carbocycles. The van der Waals surface area contributed by atoms with Gasteiger partial charge in [0.2, 0.25) is 0 Å². The second-order valence-electron chi connectivity index (χ2n) is 2.60. The van der Waals surface area contributed by atoms with Crippen LogP contribution in [0.4, 0.5) is 0 Å². The van der Waals surface area contributed by atoms with Gasteiger partial charge in [-0.1, -0.05) is 0 Å². The van der Waals surface area contributed by atoms with Gasteiger partial charge in [0.1, 0.15) is 0 Å². The quantitative estimate of drug-likeness (QED) is 0.521. The Bertz CT molecular complexity index is 318. The van der Waals surface area contributed by atoms with Gasteiger partial charge in [0.25, 0.3) is 5.56 Å². The molecule has 1 aromatic heterocycles. The van der Waals surface area contributed by atoms with Crippen molar-refractivity contribution in [3.8, 4) is 0 Å². The smallest absolute Gasteiger partial charge is 0.266 e. The number of rotatable bonds is 0. The lowest BCUT2D eigenvalue weighted by Gasteiger charge is -2.13. The maximum atomic E-state index is 10.8. The predicted molar refractivity (Wildman–Crippen MR) is 40.3 cm³/mol. The molecule has 58 valence electrons. The van der Waals surface area contributed by atoms with E-state index >= 15 is 0 Å². The summed E-state index contributed by atoms with van der Waals surface area (Å²) >= 11 is 0. The Hall–Kier alpha value is -1.16.